The summed E-state index contributed by atoms with van der Waals surface area (Å²) < 4.78 is 4.84. The lowest BCUT2D eigenvalue weighted by Gasteiger charge is -2.33. The molecule has 0 radical (unpaired) electrons. The van der Waals surface area contributed by atoms with Crippen LogP contribution in [-0.2, 0) is 4.74 Å². The number of methoxy groups -OCH3 is 1. The quantitative estimate of drug-likeness (QED) is 0.516. The summed E-state index contributed by atoms with van der Waals surface area (Å²) in [5, 5.41) is 7.05. The van der Waals surface area contributed by atoms with E-state index in [4.69, 9.17) is 17.0 Å². The van der Waals surface area contributed by atoms with Crippen LogP contribution in [0.2, 0.25) is 0 Å². The maximum absolute atomic E-state index is 11.9. The smallest absolute Gasteiger partial charge is 0.338 e. The second-order valence-corrected chi connectivity index (χ2v) is 8.48. The van der Waals surface area contributed by atoms with Gasteiger partial charge in [0.1, 0.15) is 0 Å². The average Bonchev–Trinajstić information content (AvgIpc) is 2.74. The third-order valence-electron chi connectivity index (χ3n) is 5.75. The van der Waals surface area contributed by atoms with Gasteiger partial charge in [0.05, 0.1) is 18.7 Å². The topological polar surface area (TPSA) is 53.6 Å². The van der Waals surface area contributed by atoms with Crippen molar-refractivity contribution in [3.05, 3.63) is 59.2 Å². The molecular formula is C24H31N3O2S. The number of carbonyl (C=O) groups excluding carboxylic acids is 1. The summed E-state index contributed by atoms with van der Waals surface area (Å²) in [4.78, 5) is 14.4. The number of carbonyl (C=O) groups is 1. The number of ether oxygens (including phenoxy) is 1. The van der Waals surface area contributed by atoms with Crippen molar-refractivity contribution in [1.29, 1.82) is 0 Å². The van der Waals surface area contributed by atoms with Gasteiger partial charge in [0.15, 0.2) is 5.11 Å². The van der Waals surface area contributed by atoms with E-state index in [9.17, 15) is 4.79 Å². The minimum Gasteiger partial charge on any atom is -0.465 e. The first-order chi connectivity index (χ1) is 14.4. The van der Waals surface area contributed by atoms with Gasteiger partial charge in [0.2, 0.25) is 0 Å². The molecule has 160 valence electrons. The predicted molar refractivity (Wildman–Crippen MR) is 127 cm³/mol. The normalized spacial score (nSPS) is 17.2. The Morgan fingerprint density at radius 1 is 1.23 bits per heavy atom. The summed E-state index contributed by atoms with van der Waals surface area (Å²) in [6.07, 6.45) is 2.58. The monoisotopic (exact) mass is 425 g/mol. The average molecular weight is 426 g/mol. The summed E-state index contributed by atoms with van der Waals surface area (Å²) >= 11 is 5.50. The molecule has 2 N–H and O–H groups in total. The van der Waals surface area contributed by atoms with Gasteiger partial charge in [0.25, 0.3) is 0 Å². The van der Waals surface area contributed by atoms with E-state index in [0.29, 0.717) is 10.7 Å². The Kier molecular flexibility index (Phi) is 7.32. The molecule has 0 bridgehead atoms. The number of thiocarbonyl (C=S) groups is 1. The molecule has 1 heterocycles. The number of benzene rings is 2. The fourth-order valence-corrected chi connectivity index (χ4v) is 4.22. The molecule has 1 aliphatic rings. The number of anilines is 2. The fraction of sp³-hybridized carbons (Fsp3) is 0.417. The number of hydrogen-bond acceptors (Lipinski definition) is 4. The number of nitrogens with one attached hydrogen (secondary N) is 2. The zero-order valence-corrected chi connectivity index (χ0v) is 19.0. The Hall–Kier alpha value is -2.60. The second-order valence-electron chi connectivity index (χ2n) is 8.07. The largest absolute Gasteiger partial charge is 0.465 e. The molecule has 3 rings (SSSR count). The standard InChI is InChI=1S/C24H31N3O2S/c1-16-7-6-14-27(15-16)20-12-10-19(11-13-20)18(3)25-24(30)26-22-9-5-8-21(17(22)2)23(28)29-4/h5,8-13,16,18H,6-7,14-15H2,1-4H3,(H2,25,26,30)/t16-,18+/m1/s1. The van der Waals surface area contributed by atoms with Gasteiger partial charge < -0.3 is 20.3 Å². The van der Waals surface area contributed by atoms with Crippen LogP contribution in [0.1, 0.15) is 54.2 Å². The molecule has 1 fully saturated rings. The van der Waals surface area contributed by atoms with Crippen LogP contribution < -0.4 is 15.5 Å². The van der Waals surface area contributed by atoms with E-state index in [1.54, 1.807) is 6.07 Å². The number of nitrogens with zero attached hydrogens (tertiary/aromatic N) is 1. The summed E-state index contributed by atoms with van der Waals surface area (Å²) in [5.74, 6) is 0.398. The highest BCUT2D eigenvalue weighted by Crippen LogP contribution is 2.25. The molecule has 1 saturated heterocycles. The number of esters is 1. The molecule has 0 unspecified atom stereocenters. The van der Waals surface area contributed by atoms with Gasteiger partial charge in [-0.1, -0.05) is 25.1 Å². The van der Waals surface area contributed by atoms with Gasteiger partial charge in [-0.25, -0.2) is 4.79 Å². The molecule has 6 heteroatoms. The summed E-state index contributed by atoms with van der Waals surface area (Å²) in [5.41, 5.74) is 4.58. The van der Waals surface area contributed by atoms with Gasteiger partial charge in [-0.3, -0.25) is 0 Å². The van der Waals surface area contributed by atoms with Crippen LogP contribution in [-0.4, -0.2) is 31.3 Å². The maximum Gasteiger partial charge on any atom is 0.338 e. The van der Waals surface area contributed by atoms with Gasteiger partial charge >= 0.3 is 5.97 Å². The molecule has 0 aromatic heterocycles. The molecule has 0 saturated carbocycles. The van der Waals surface area contributed by atoms with Crippen LogP contribution >= 0.6 is 12.2 Å². The fourth-order valence-electron chi connectivity index (χ4n) is 3.94. The Morgan fingerprint density at radius 2 is 1.97 bits per heavy atom. The molecule has 2 atom stereocenters. The number of rotatable bonds is 5. The summed E-state index contributed by atoms with van der Waals surface area (Å²) in [6, 6.07) is 14.2. The number of piperidine rings is 1. The van der Waals surface area contributed by atoms with E-state index < -0.39 is 0 Å². The Labute approximate surface area is 184 Å². The molecule has 0 spiro atoms. The minimum absolute atomic E-state index is 0.0587. The van der Waals surface area contributed by atoms with E-state index in [2.05, 4.69) is 53.6 Å². The Morgan fingerprint density at radius 3 is 2.63 bits per heavy atom. The first kappa shape index (κ1) is 22.1. The lowest BCUT2D eigenvalue weighted by molar-refractivity contribution is 0.0600. The van der Waals surface area contributed by atoms with Crippen molar-refractivity contribution in [2.24, 2.45) is 5.92 Å². The molecule has 1 aliphatic heterocycles. The minimum atomic E-state index is -0.355. The maximum atomic E-state index is 11.9. The van der Waals surface area contributed by atoms with Crippen LogP contribution in [0.5, 0.6) is 0 Å². The molecule has 2 aromatic rings. The Balaban J connectivity index is 1.61. The summed E-state index contributed by atoms with van der Waals surface area (Å²) in [7, 11) is 1.38. The van der Waals surface area contributed by atoms with E-state index in [1.165, 1.54) is 31.2 Å². The highest BCUT2D eigenvalue weighted by molar-refractivity contribution is 7.80. The van der Waals surface area contributed by atoms with Crippen molar-refractivity contribution in [3.63, 3.8) is 0 Å². The van der Waals surface area contributed by atoms with Gasteiger partial charge in [-0.05, 0) is 80.2 Å². The molecule has 0 amide bonds. The van der Waals surface area contributed by atoms with Crippen LogP contribution in [0.15, 0.2) is 42.5 Å². The third kappa shape index (κ3) is 5.30. The molecule has 0 aliphatic carbocycles. The zero-order valence-electron chi connectivity index (χ0n) is 18.2. The lowest BCUT2D eigenvalue weighted by atomic mass is 9.99. The third-order valence-corrected chi connectivity index (χ3v) is 5.97. The van der Waals surface area contributed by atoms with Gasteiger partial charge in [0, 0.05) is 24.5 Å². The first-order valence-electron chi connectivity index (χ1n) is 10.5. The lowest BCUT2D eigenvalue weighted by Crippen LogP contribution is -2.34. The SMILES string of the molecule is COC(=O)c1cccc(NC(=S)N[C@@H](C)c2ccc(N3CCC[C@@H](C)C3)cc2)c1C. The Bertz CT molecular complexity index is 898. The first-order valence-corrected chi connectivity index (χ1v) is 10.9. The summed E-state index contributed by atoms with van der Waals surface area (Å²) in [6.45, 7) is 8.55. The van der Waals surface area contributed by atoms with Crippen molar-refractivity contribution in [1.82, 2.24) is 5.32 Å². The molecule has 5 nitrogen and oxygen atoms in total. The molecule has 2 aromatic carbocycles. The molecular weight excluding hydrogens is 394 g/mol. The highest BCUT2D eigenvalue weighted by Gasteiger charge is 2.17. The number of hydrogen-bond donors (Lipinski definition) is 2. The second kappa shape index (κ2) is 9.94. The van der Waals surface area contributed by atoms with Crippen molar-refractivity contribution in [3.8, 4) is 0 Å². The van der Waals surface area contributed by atoms with E-state index in [1.807, 2.05) is 19.1 Å². The van der Waals surface area contributed by atoms with Gasteiger partial charge in [-0.15, -0.1) is 0 Å². The van der Waals surface area contributed by atoms with Crippen molar-refractivity contribution in [2.75, 3.05) is 30.4 Å². The van der Waals surface area contributed by atoms with Crippen molar-refractivity contribution in [2.45, 2.75) is 39.7 Å². The predicted octanol–water partition coefficient (Wildman–Crippen LogP) is 5.07. The van der Waals surface area contributed by atoms with Crippen LogP contribution in [0, 0.1) is 12.8 Å². The van der Waals surface area contributed by atoms with E-state index in [0.717, 1.165) is 30.3 Å². The van der Waals surface area contributed by atoms with E-state index in [-0.39, 0.29) is 12.0 Å². The van der Waals surface area contributed by atoms with Crippen molar-refractivity contribution < 1.29 is 9.53 Å². The van der Waals surface area contributed by atoms with Crippen LogP contribution in [0.25, 0.3) is 0 Å². The van der Waals surface area contributed by atoms with Crippen LogP contribution in [0.4, 0.5) is 11.4 Å². The zero-order chi connectivity index (χ0) is 21.7. The van der Waals surface area contributed by atoms with Crippen molar-refractivity contribution >= 4 is 34.7 Å². The van der Waals surface area contributed by atoms with E-state index >= 15 is 0 Å². The highest BCUT2D eigenvalue weighted by atomic mass is 32.1. The van der Waals surface area contributed by atoms with Crippen LogP contribution in [0.3, 0.4) is 0 Å². The van der Waals surface area contributed by atoms with Gasteiger partial charge in [-0.2, -0.15) is 0 Å². The molecule has 30 heavy (non-hydrogen) atoms.